The lowest BCUT2D eigenvalue weighted by Gasteiger charge is -2.16. The Morgan fingerprint density at radius 2 is 1.75 bits per heavy atom. The van der Waals surface area contributed by atoms with E-state index in [-0.39, 0.29) is 11.9 Å². The number of hydrogen-bond donors (Lipinski definition) is 1. The lowest BCUT2D eigenvalue weighted by atomic mass is 10.1. The molecule has 1 N–H and O–H groups in total. The summed E-state index contributed by atoms with van der Waals surface area (Å²) in [7, 11) is 0. The first-order valence-corrected chi connectivity index (χ1v) is 7.12. The molecule has 0 heterocycles. The van der Waals surface area contributed by atoms with E-state index in [1.54, 1.807) is 42.5 Å². The highest BCUT2D eigenvalue weighted by Crippen LogP contribution is 2.26. The highest BCUT2D eigenvalue weighted by atomic mass is 35.5. The summed E-state index contributed by atoms with van der Waals surface area (Å²) >= 11 is 17.8. The Bertz CT molecular complexity index is 643. The quantitative estimate of drug-likeness (QED) is 0.830. The van der Waals surface area contributed by atoms with Crippen LogP contribution in [0.2, 0.25) is 15.1 Å². The largest absolute Gasteiger partial charge is 0.345 e. The van der Waals surface area contributed by atoms with E-state index < -0.39 is 0 Å². The van der Waals surface area contributed by atoms with Crippen molar-refractivity contribution in [2.75, 3.05) is 0 Å². The van der Waals surface area contributed by atoms with Gasteiger partial charge in [-0.15, -0.1) is 0 Å². The van der Waals surface area contributed by atoms with E-state index >= 15 is 0 Å². The summed E-state index contributed by atoms with van der Waals surface area (Å²) in [6.45, 7) is 1.86. The van der Waals surface area contributed by atoms with Crippen LogP contribution in [-0.4, -0.2) is 5.91 Å². The van der Waals surface area contributed by atoms with Gasteiger partial charge in [0.15, 0.2) is 0 Å². The molecule has 0 bridgehead atoms. The van der Waals surface area contributed by atoms with Gasteiger partial charge in [0.2, 0.25) is 0 Å². The second-order valence-corrected chi connectivity index (χ2v) is 5.65. The zero-order chi connectivity index (χ0) is 14.7. The number of halogens is 3. The Morgan fingerprint density at radius 1 is 1.05 bits per heavy atom. The van der Waals surface area contributed by atoms with Gasteiger partial charge in [-0.05, 0) is 42.8 Å². The number of carbonyl (C=O) groups is 1. The van der Waals surface area contributed by atoms with Crippen molar-refractivity contribution < 1.29 is 4.79 Å². The van der Waals surface area contributed by atoms with Crippen LogP contribution in [0.4, 0.5) is 0 Å². The first kappa shape index (κ1) is 15.2. The van der Waals surface area contributed by atoms with E-state index in [0.29, 0.717) is 20.6 Å². The van der Waals surface area contributed by atoms with Gasteiger partial charge in [-0.3, -0.25) is 4.79 Å². The van der Waals surface area contributed by atoms with Gasteiger partial charge in [-0.2, -0.15) is 0 Å². The standard InChI is InChI=1S/C15H12Cl3NO/c1-9(13-6-5-12(17)8-14(13)18)19-15(20)10-3-2-4-11(16)7-10/h2-9H,1H3,(H,19,20)/t9-/m0/s1. The summed E-state index contributed by atoms with van der Waals surface area (Å²) in [6.07, 6.45) is 0. The van der Waals surface area contributed by atoms with Crippen molar-refractivity contribution in [1.29, 1.82) is 0 Å². The molecule has 2 rings (SSSR count). The maximum atomic E-state index is 12.1. The van der Waals surface area contributed by atoms with Crippen molar-refractivity contribution in [3.63, 3.8) is 0 Å². The molecule has 5 heteroatoms. The molecular formula is C15H12Cl3NO. The monoisotopic (exact) mass is 327 g/mol. The molecule has 0 radical (unpaired) electrons. The Kier molecular flexibility index (Phi) is 4.92. The van der Waals surface area contributed by atoms with Gasteiger partial charge in [0, 0.05) is 20.6 Å². The summed E-state index contributed by atoms with van der Waals surface area (Å²) in [5, 5.41) is 4.48. The van der Waals surface area contributed by atoms with Gasteiger partial charge in [0.05, 0.1) is 6.04 Å². The molecule has 0 saturated heterocycles. The summed E-state index contributed by atoms with van der Waals surface area (Å²) in [6, 6.07) is 11.7. The predicted octanol–water partition coefficient (Wildman–Crippen LogP) is 5.14. The van der Waals surface area contributed by atoms with Gasteiger partial charge >= 0.3 is 0 Å². The lowest BCUT2D eigenvalue weighted by molar-refractivity contribution is 0.0940. The van der Waals surface area contributed by atoms with E-state index in [1.165, 1.54) is 0 Å². The number of amides is 1. The Morgan fingerprint density at radius 3 is 2.40 bits per heavy atom. The highest BCUT2D eigenvalue weighted by Gasteiger charge is 2.14. The molecule has 20 heavy (non-hydrogen) atoms. The molecule has 0 aromatic heterocycles. The van der Waals surface area contributed by atoms with Crippen LogP contribution in [0, 0.1) is 0 Å². The van der Waals surface area contributed by atoms with Crippen LogP contribution in [-0.2, 0) is 0 Å². The number of nitrogens with one attached hydrogen (secondary N) is 1. The molecule has 0 fully saturated rings. The first-order valence-electron chi connectivity index (χ1n) is 5.99. The summed E-state index contributed by atoms with van der Waals surface area (Å²) in [5.41, 5.74) is 1.32. The van der Waals surface area contributed by atoms with E-state index in [2.05, 4.69) is 5.32 Å². The average Bonchev–Trinajstić information content (AvgIpc) is 2.38. The highest BCUT2D eigenvalue weighted by molar-refractivity contribution is 6.35. The maximum absolute atomic E-state index is 12.1. The molecule has 104 valence electrons. The minimum atomic E-state index is -0.230. The van der Waals surface area contributed by atoms with Crippen LogP contribution in [0.1, 0.15) is 28.9 Å². The fourth-order valence-corrected chi connectivity index (χ4v) is 2.60. The van der Waals surface area contributed by atoms with Gasteiger partial charge in [-0.1, -0.05) is 46.9 Å². The zero-order valence-corrected chi connectivity index (χ0v) is 12.9. The SMILES string of the molecule is C[C@H](NC(=O)c1cccc(Cl)c1)c1ccc(Cl)cc1Cl. The van der Waals surface area contributed by atoms with Gasteiger partial charge in [0.25, 0.3) is 5.91 Å². The Hall–Kier alpha value is -1.22. The second kappa shape index (κ2) is 6.49. The van der Waals surface area contributed by atoms with Crippen LogP contribution in [0.15, 0.2) is 42.5 Å². The predicted molar refractivity (Wildman–Crippen MR) is 83.8 cm³/mol. The fraction of sp³-hybridized carbons (Fsp3) is 0.133. The van der Waals surface area contributed by atoms with Crippen molar-refractivity contribution in [2.24, 2.45) is 0 Å². The molecule has 0 spiro atoms. The first-order chi connectivity index (χ1) is 9.47. The molecule has 2 aromatic rings. The summed E-state index contributed by atoms with van der Waals surface area (Å²) in [4.78, 5) is 12.1. The van der Waals surface area contributed by atoms with E-state index in [9.17, 15) is 4.79 Å². The topological polar surface area (TPSA) is 29.1 Å². The number of hydrogen-bond acceptors (Lipinski definition) is 1. The third-order valence-electron chi connectivity index (χ3n) is 2.86. The summed E-state index contributed by atoms with van der Waals surface area (Å²) < 4.78 is 0. The van der Waals surface area contributed by atoms with Crippen LogP contribution >= 0.6 is 34.8 Å². The number of carbonyl (C=O) groups excluding carboxylic acids is 1. The van der Waals surface area contributed by atoms with Crippen LogP contribution in [0.25, 0.3) is 0 Å². The zero-order valence-electron chi connectivity index (χ0n) is 10.7. The van der Waals surface area contributed by atoms with Crippen LogP contribution in [0.5, 0.6) is 0 Å². The van der Waals surface area contributed by atoms with Crippen molar-refractivity contribution in [3.05, 3.63) is 68.7 Å². The minimum Gasteiger partial charge on any atom is -0.345 e. The van der Waals surface area contributed by atoms with Crippen LogP contribution in [0.3, 0.4) is 0 Å². The average molecular weight is 329 g/mol. The van der Waals surface area contributed by atoms with Gasteiger partial charge in [0.1, 0.15) is 0 Å². The Balaban J connectivity index is 2.15. The van der Waals surface area contributed by atoms with Gasteiger partial charge in [-0.25, -0.2) is 0 Å². The second-order valence-electron chi connectivity index (χ2n) is 4.37. The minimum absolute atomic E-state index is 0.203. The molecule has 0 aliphatic rings. The van der Waals surface area contributed by atoms with Crippen molar-refractivity contribution in [1.82, 2.24) is 5.32 Å². The maximum Gasteiger partial charge on any atom is 0.251 e. The molecule has 0 aliphatic heterocycles. The lowest BCUT2D eigenvalue weighted by Crippen LogP contribution is -2.26. The molecular weight excluding hydrogens is 317 g/mol. The molecule has 0 unspecified atom stereocenters. The smallest absolute Gasteiger partial charge is 0.251 e. The summed E-state index contributed by atoms with van der Waals surface area (Å²) in [5.74, 6) is -0.203. The third kappa shape index (κ3) is 3.66. The normalized spacial score (nSPS) is 12.0. The fourth-order valence-electron chi connectivity index (χ4n) is 1.84. The number of rotatable bonds is 3. The van der Waals surface area contributed by atoms with Crippen LogP contribution < -0.4 is 5.32 Å². The van der Waals surface area contributed by atoms with E-state index in [1.807, 2.05) is 6.92 Å². The van der Waals surface area contributed by atoms with E-state index in [4.69, 9.17) is 34.8 Å². The van der Waals surface area contributed by atoms with Crippen molar-refractivity contribution in [3.8, 4) is 0 Å². The van der Waals surface area contributed by atoms with E-state index in [0.717, 1.165) is 5.56 Å². The molecule has 1 amide bonds. The van der Waals surface area contributed by atoms with Crippen molar-refractivity contribution in [2.45, 2.75) is 13.0 Å². The van der Waals surface area contributed by atoms with Crippen molar-refractivity contribution >= 4 is 40.7 Å². The molecule has 2 aromatic carbocycles. The molecule has 0 saturated carbocycles. The molecule has 1 atom stereocenters. The van der Waals surface area contributed by atoms with Gasteiger partial charge < -0.3 is 5.32 Å². The molecule has 0 aliphatic carbocycles. The number of benzene rings is 2. The Labute approximate surface area is 132 Å². The third-order valence-corrected chi connectivity index (χ3v) is 3.66. The molecule has 2 nitrogen and oxygen atoms in total.